The smallest absolute Gasteiger partial charge is 0.375 e. The Hall–Kier alpha value is -1.28. The topological polar surface area (TPSA) is 82.6 Å². The Balaban J connectivity index is 0.000000468. The monoisotopic (exact) mass is 407 g/mol. The van der Waals surface area contributed by atoms with Gasteiger partial charge in [0.1, 0.15) is 0 Å². The van der Waals surface area contributed by atoms with Crippen molar-refractivity contribution in [1.29, 1.82) is 0 Å². The standard InChI is InChI=1S/C10H15NO2S.C5H7BrO3/c1-5-13-8(12)7-6-14-9(11-7)10(2,3)4;1-2-9-5(8)4(7)3-6/h6H,5H2,1-4H3;2-3H2,1H3. The van der Waals surface area contributed by atoms with Crippen molar-refractivity contribution in [2.24, 2.45) is 0 Å². The van der Waals surface area contributed by atoms with Gasteiger partial charge in [0.25, 0.3) is 0 Å². The molecule has 0 N–H and O–H groups in total. The van der Waals surface area contributed by atoms with Crippen molar-refractivity contribution in [3.63, 3.8) is 0 Å². The number of halogens is 1. The molecule has 8 heteroatoms. The van der Waals surface area contributed by atoms with Gasteiger partial charge in [-0.2, -0.15) is 0 Å². The van der Waals surface area contributed by atoms with E-state index in [4.69, 9.17) is 4.74 Å². The van der Waals surface area contributed by atoms with Gasteiger partial charge in [-0.05, 0) is 13.8 Å². The Labute approximate surface area is 148 Å². The molecule has 0 atom stereocenters. The zero-order chi connectivity index (χ0) is 18.0. The summed E-state index contributed by atoms with van der Waals surface area (Å²) < 4.78 is 9.24. The third-order valence-corrected chi connectivity index (χ3v) is 4.03. The molecule has 1 rings (SSSR count). The number of ketones is 1. The molecule has 0 radical (unpaired) electrons. The average molecular weight is 408 g/mol. The van der Waals surface area contributed by atoms with E-state index in [1.165, 1.54) is 11.3 Å². The second kappa shape index (κ2) is 10.5. The molecule has 0 aliphatic heterocycles. The Morgan fingerprint density at radius 1 is 1.17 bits per heavy atom. The molecule has 1 aromatic heterocycles. The van der Waals surface area contributed by atoms with Crippen molar-refractivity contribution >= 4 is 45.0 Å². The highest BCUT2D eigenvalue weighted by molar-refractivity contribution is 9.09. The number of rotatable bonds is 5. The van der Waals surface area contributed by atoms with Crippen molar-refractivity contribution in [3.8, 4) is 0 Å². The summed E-state index contributed by atoms with van der Waals surface area (Å²) in [5.41, 5.74) is 0.414. The van der Waals surface area contributed by atoms with E-state index in [9.17, 15) is 14.4 Å². The van der Waals surface area contributed by atoms with Gasteiger partial charge in [-0.25, -0.2) is 14.6 Å². The SMILES string of the molecule is CCOC(=O)C(=O)CBr.CCOC(=O)c1csc(C(C)(C)C)n1. The number of alkyl halides is 1. The highest BCUT2D eigenvalue weighted by Crippen LogP contribution is 2.25. The number of carbonyl (C=O) groups excluding carboxylic acids is 3. The van der Waals surface area contributed by atoms with Crippen LogP contribution >= 0.6 is 27.3 Å². The van der Waals surface area contributed by atoms with E-state index in [0.717, 1.165) is 5.01 Å². The Morgan fingerprint density at radius 2 is 1.74 bits per heavy atom. The van der Waals surface area contributed by atoms with Crippen molar-refractivity contribution in [3.05, 3.63) is 16.1 Å². The van der Waals surface area contributed by atoms with Crippen LogP contribution in [-0.4, -0.2) is 41.2 Å². The lowest BCUT2D eigenvalue weighted by Crippen LogP contribution is -2.17. The second-order valence-electron chi connectivity index (χ2n) is 5.29. The highest BCUT2D eigenvalue weighted by Gasteiger charge is 2.20. The molecule has 23 heavy (non-hydrogen) atoms. The largest absolute Gasteiger partial charge is 0.461 e. The van der Waals surface area contributed by atoms with Crippen LogP contribution in [0.25, 0.3) is 0 Å². The average Bonchev–Trinajstić information content (AvgIpc) is 2.97. The number of hydrogen-bond acceptors (Lipinski definition) is 7. The molecular formula is C15H22BrNO5S. The first-order chi connectivity index (χ1) is 10.7. The summed E-state index contributed by atoms with van der Waals surface area (Å²) in [4.78, 5) is 36.3. The summed E-state index contributed by atoms with van der Waals surface area (Å²) in [5.74, 6) is -1.65. The van der Waals surface area contributed by atoms with Crippen molar-refractivity contribution in [1.82, 2.24) is 4.98 Å². The van der Waals surface area contributed by atoms with Crippen molar-refractivity contribution < 1.29 is 23.9 Å². The fourth-order valence-electron chi connectivity index (χ4n) is 1.18. The third kappa shape index (κ3) is 8.22. The molecule has 0 unspecified atom stereocenters. The van der Waals surface area contributed by atoms with Crippen LogP contribution in [0, 0.1) is 0 Å². The van der Waals surface area contributed by atoms with Crippen molar-refractivity contribution in [2.75, 3.05) is 18.5 Å². The van der Waals surface area contributed by atoms with Crippen LogP contribution in [0.3, 0.4) is 0 Å². The summed E-state index contributed by atoms with van der Waals surface area (Å²) in [6, 6.07) is 0. The van der Waals surface area contributed by atoms with Crippen LogP contribution in [0.5, 0.6) is 0 Å². The third-order valence-electron chi connectivity index (χ3n) is 2.25. The highest BCUT2D eigenvalue weighted by atomic mass is 79.9. The van der Waals surface area contributed by atoms with Crippen LogP contribution in [0.2, 0.25) is 0 Å². The molecule has 0 aliphatic carbocycles. The summed E-state index contributed by atoms with van der Waals surface area (Å²) in [5, 5.41) is 2.74. The van der Waals surface area contributed by atoms with Gasteiger partial charge in [0.15, 0.2) is 5.69 Å². The van der Waals surface area contributed by atoms with Crippen LogP contribution < -0.4 is 0 Å². The number of Topliss-reactive ketones (excluding diaryl/α,β-unsaturated/α-hetero) is 1. The number of aromatic nitrogens is 1. The minimum Gasteiger partial charge on any atom is -0.461 e. The Morgan fingerprint density at radius 3 is 2.13 bits per heavy atom. The predicted octanol–water partition coefficient (Wildman–Crippen LogP) is 3.13. The predicted molar refractivity (Wildman–Crippen MR) is 92.2 cm³/mol. The van der Waals surface area contributed by atoms with Gasteiger partial charge >= 0.3 is 11.9 Å². The lowest BCUT2D eigenvalue weighted by atomic mass is 9.98. The number of esters is 2. The fraction of sp³-hybridized carbons (Fsp3) is 0.600. The van der Waals surface area contributed by atoms with Gasteiger partial charge in [0.05, 0.1) is 23.6 Å². The minimum atomic E-state index is -0.769. The molecule has 0 spiro atoms. The Kier molecular flexibility index (Phi) is 9.90. The molecule has 0 bridgehead atoms. The normalized spacial score (nSPS) is 10.3. The van der Waals surface area contributed by atoms with Gasteiger partial charge in [-0.15, -0.1) is 11.3 Å². The summed E-state index contributed by atoms with van der Waals surface area (Å²) in [6.45, 7) is 10.3. The maximum atomic E-state index is 11.3. The zero-order valence-electron chi connectivity index (χ0n) is 14.0. The van der Waals surface area contributed by atoms with Crippen LogP contribution in [0.15, 0.2) is 5.38 Å². The van der Waals surface area contributed by atoms with E-state index in [1.807, 2.05) is 0 Å². The maximum Gasteiger partial charge on any atom is 0.375 e. The second-order valence-corrected chi connectivity index (χ2v) is 6.70. The molecule has 0 aliphatic rings. The van der Waals surface area contributed by atoms with Gasteiger partial charge < -0.3 is 9.47 Å². The molecule has 1 aromatic rings. The molecular weight excluding hydrogens is 386 g/mol. The van der Waals surface area contributed by atoms with Crippen LogP contribution in [0.1, 0.15) is 50.1 Å². The first-order valence-corrected chi connectivity index (χ1v) is 9.06. The fourth-order valence-corrected chi connectivity index (χ4v) is 2.29. The lowest BCUT2D eigenvalue weighted by molar-refractivity contribution is -0.152. The van der Waals surface area contributed by atoms with Crippen molar-refractivity contribution in [2.45, 2.75) is 40.0 Å². The summed E-state index contributed by atoms with van der Waals surface area (Å²) >= 11 is 4.33. The zero-order valence-corrected chi connectivity index (χ0v) is 16.4. The number of ether oxygens (including phenoxy) is 2. The molecule has 0 saturated heterocycles. The Bertz CT molecular complexity index is 536. The van der Waals surface area contributed by atoms with E-state index in [2.05, 4.69) is 46.4 Å². The first-order valence-electron chi connectivity index (χ1n) is 7.06. The number of thiazole rings is 1. The van der Waals surface area contributed by atoms with Gasteiger partial charge in [-0.1, -0.05) is 36.7 Å². The quantitative estimate of drug-likeness (QED) is 0.423. The minimum absolute atomic E-state index is 0.00455. The number of nitrogens with zero attached hydrogens (tertiary/aromatic N) is 1. The van der Waals surface area contributed by atoms with E-state index in [1.54, 1.807) is 19.2 Å². The maximum absolute atomic E-state index is 11.3. The van der Waals surface area contributed by atoms with Crippen LogP contribution in [0.4, 0.5) is 0 Å². The van der Waals surface area contributed by atoms with Gasteiger partial charge in [0.2, 0.25) is 5.78 Å². The first kappa shape index (κ1) is 21.7. The van der Waals surface area contributed by atoms with E-state index >= 15 is 0 Å². The molecule has 0 amide bonds. The van der Waals surface area contributed by atoms with E-state index < -0.39 is 11.8 Å². The lowest BCUT2D eigenvalue weighted by Gasteiger charge is -2.13. The number of hydrogen-bond donors (Lipinski definition) is 0. The number of carbonyl (C=O) groups is 3. The van der Waals surface area contributed by atoms with Gasteiger partial charge in [-0.3, -0.25) is 4.79 Å². The molecule has 0 aromatic carbocycles. The summed E-state index contributed by atoms with van der Waals surface area (Å²) in [7, 11) is 0. The molecule has 0 saturated carbocycles. The van der Waals surface area contributed by atoms with Gasteiger partial charge in [0, 0.05) is 10.8 Å². The summed E-state index contributed by atoms with van der Waals surface area (Å²) in [6.07, 6.45) is 0. The molecule has 1 heterocycles. The molecule has 130 valence electrons. The molecule has 6 nitrogen and oxygen atoms in total. The van der Waals surface area contributed by atoms with E-state index in [-0.39, 0.29) is 23.3 Å². The molecule has 0 fully saturated rings. The van der Waals surface area contributed by atoms with E-state index in [0.29, 0.717) is 12.3 Å². The van der Waals surface area contributed by atoms with Crippen LogP contribution in [-0.2, 0) is 24.5 Å².